The molecule has 3 aromatic carbocycles. The largest absolute Gasteiger partial charge is 0.573 e. The number of benzene rings is 3. The highest BCUT2D eigenvalue weighted by Gasteiger charge is 2.30. The van der Waals surface area contributed by atoms with E-state index in [1.165, 1.54) is 19.2 Å². The van der Waals surface area contributed by atoms with Crippen LogP contribution in [0.1, 0.15) is 0 Å². The summed E-state index contributed by atoms with van der Waals surface area (Å²) in [6.07, 6.45) is -3.00. The minimum Gasteiger partial charge on any atom is -0.406 e. The highest BCUT2D eigenvalue weighted by atomic mass is 32.2. The predicted molar refractivity (Wildman–Crippen MR) is 112 cm³/mol. The fraction of sp³-hybridized carbons (Fsp3) is 0.0952. The van der Waals surface area contributed by atoms with Crippen molar-refractivity contribution in [2.45, 2.75) is 6.36 Å². The molecule has 160 valence electrons. The quantitative estimate of drug-likeness (QED) is 0.121. The molecule has 0 amide bonds. The number of nitrogens with one attached hydrogen (secondary N) is 1. The average molecular weight is 447 g/mol. The summed E-state index contributed by atoms with van der Waals surface area (Å²) < 4.78 is 50.7. The molecule has 1 heterocycles. The lowest BCUT2D eigenvalue weighted by Gasteiger charge is -2.11. The number of fused-ring (bicyclic) bond motifs is 1. The molecule has 0 bridgehead atoms. The molecule has 4 aromatic rings. The second kappa shape index (κ2) is 8.88. The van der Waals surface area contributed by atoms with Crippen molar-refractivity contribution < 1.29 is 27.1 Å². The highest BCUT2D eigenvalue weighted by molar-refractivity contribution is 7.95. The molecule has 0 unspecified atom stereocenters. The Hall–Kier alpha value is -3.21. The Kier molecular flexibility index (Phi) is 6.03. The van der Waals surface area contributed by atoms with Crippen LogP contribution in [0.5, 0.6) is 5.75 Å². The van der Waals surface area contributed by atoms with Gasteiger partial charge in [0, 0.05) is 11.4 Å². The van der Waals surface area contributed by atoms with Gasteiger partial charge in [-0.05, 0) is 53.6 Å². The lowest BCUT2D eigenvalue weighted by molar-refractivity contribution is -0.274. The Morgan fingerprint density at radius 3 is 2.52 bits per heavy atom. The fourth-order valence-corrected chi connectivity index (χ4v) is 3.39. The summed E-state index contributed by atoms with van der Waals surface area (Å²) in [4.78, 5) is 8.96. The zero-order chi connectivity index (χ0) is 21.8. The van der Waals surface area contributed by atoms with Crippen LogP contribution in [-0.2, 0) is 9.22 Å². The molecule has 0 atom stereocenters. The smallest absolute Gasteiger partial charge is 0.406 e. The lowest BCUT2D eigenvalue weighted by atomic mass is 10.0. The number of alkyl halides is 3. The molecule has 0 radical (unpaired) electrons. The first-order valence-corrected chi connectivity index (χ1v) is 9.73. The van der Waals surface area contributed by atoms with Crippen LogP contribution in [0.25, 0.3) is 27.8 Å². The minimum atomic E-state index is -4.72. The van der Waals surface area contributed by atoms with Crippen LogP contribution in [0.15, 0.2) is 73.1 Å². The molecule has 10 heteroatoms. The molecule has 6 nitrogen and oxygen atoms in total. The van der Waals surface area contributed by atoms with Crippen LogP contribution in [0.2, 0.25) is 0 Å². The van der Waals surface area contributed by atoms with Gasteiger partial charge in [-0.3, -0.25) is 4.57 Å². The Morgan fingerprint density at radius 2 is 1.77 bits per heavy atom. The van der Waals surface area contributed by atoms with Gasteiger partial charge in [-0.15, -0.1) is 17.5 Å². The van der Waals surface area contributed by atoms with E-state index in [4.69, 9.17) is 4.33 Å². The van der Waals surface area contributed by atoms with Gasteiger partial charge in [-0.1, -0.05) is 24.3 Å². The van der Waals surface area contributed by atoms with Gasteiger partial charge in [0.1, 0.15) is 24.3 Å². The van der Waals surface area contributed by atoms with Gasteiger partial charge < -0.3 is 9.46 Å². The van der Waals surface area contributed by atoms with Crippen LogP contribution in [0, 0.1) is 0 Å². The van der Waals surface area contributed by atoms with E-state index >= 15 is 0 Å². The molecule has 0 aliphatic rings. The maximum absolute atomic E-state index is 12.4. The van der Waals surface area contributed by atoms with Gasteiger partial charge in [-0.25, -0.2) is 9.87 Å². The monoisotopic (exact) mass is 447 g/mol. The summed E-state index contributed by atoms with van der Waals surface area (Å²) in [5.74, 6) is -0.261. The Morgan fingerprint density at radius 1 is 0.968 bits per heavy atom. The Bertz CT molecular complexity index is 1180. The number of imidazole rings is 1. The number of halogens is 3. The van der Waals surface area contributed by atoms with Crippen molar-refractivity contribution in [1.82, 2.24) is 9.55 Å². The predicted octanol–water partition coefficient (Wildman–Crippen LogP) is 6.14. The first kappa shape index (κ1) is 21.0. The van der Waals surface area contributed by atoms with Gasteiger partial charge in [0.25, 0.3) is 0 Å². The third-order valence-electron chi connectivity index (χ3n) is 4.35. The number of hydrogen-bond acceptors (Lipinski definition) is 6. The SMILES string of the molecule is COOSNc1ccc2ncn(-c3cccc(-c4ccc(OC(F)(F)F)cc4)c3)c2c1. The van der Waals surface area contributed by atoms with Gasteiger partial charge in [0.2, 0.25) is 0 Å². The second-order valence-electron chi connectivity index (χ2n) is 6.36. The summed E-state index contributed by atoms with van der Waals surface area (Å²) >= 11 is 0.941. The summed E-state index contributed by atoms with van der Waals surface area (Å²) in [6.45, 7) is 0. The molecule has 0 saturated heterocycles. The van der Waals surface area contributed by atoms with E-state index in [1.54, 1.807) is 18.5 Å². The van der Waals surface area contributed by atoms with Crippen LogP contribution >= 0.6 is 12.2 Å². The molecular formula is C21H16F3N3O3S. The first-order valence-electron chi connectivity index (χ1n) is 8.99. The van der Waals surface area contributed by atoms with Crippen molar-refractivity contribution in [3.8, 4) is 22.6 Å². The highest BCUT2D eigenvalue weighted by Crippen LogP contribution is 2.29. The summed E-state index contributed by atoms with van der Waals surface area (Å²) in [5.41, 5.74) is 4.94. The third kappa shape index (κ3) is 5.10. The minimum absolute atomic E-state index is 0.261. The van der Waals surface area contributed by atoms with Gasteiger partial charge in [0.05, 0.1) is 18.1 Å². The van der Waals surface area contributed by atoms with Gasteiger partial charge in [-0.2, -0.15) is 0 Å². The maximum Gasteiger partial charge on any atom is 0.573 e. The number of nitrogens with zero attached hydrogens (tertiary/aromatic N) is 2. The maximum atomic E-state index is 12.4. The topological polar surface area (TPSA) is 57.5 Å². The zero-order valence-corrected chi connectivity index (χ0v) is 16.9. The zero-order valence-electron chi connectivity index (χ0n) is 16.1. The summed E-state index contributed by atoms with van der Waals surface area (Å²) in [7, 11) is 1.41. The van der Waals surface area contributed by atoms with Crippen LogP contribution in [0.3, 0.4) is 0 Å². The van der Waals surface area contributed by atoms with Crippen molar-refractivity contribution in [2.24, 2.45) is 0 Å². The van der Waals surface area contributed by atoms with E-state index in [0.29, 0.717) is 0 Å². The van der Waals surface area contributed by atoms with Crippen molar-refractivity contribution in [3.05, 3.63) is 73.1 Å². The number of aromatic nitrogens is 2. The summed E-state index contributed by atoms with van der Waals surface area (Å²) in [6, 6.07) is 19.0. The van der Waals surface area contributed by atoms with Crippen molar-refractivity contribution in [2.75, 3.05) is 11.8 Å². The van der Waals surface area contributed by atoms with E-state index in [2.05, 4.69) is 19.3 Å². The normalized spacial score (nSPS) is 11.6. The molecule has 0 aliphatic heterocycles. The van der Waals surface area contributed by atoms with E-state index < -0.39 is 6.36 Å². The molecule has 1 aromatic heterocycles. The molecule has 31 heavy (non-hydrogen) atoms. The van der Waals surface area contributed by atoms with Gasteiger partial charge in [0.15, 0.2) is 0 Å². The van der Waals surface area contributed by atoms with Crippen molar-refractivity contribution in [3.63, 3.8) is 0 Å². The molecule has 0 spiro atoms. The average Bonchev–Trinajstić information content (AvgIpc) is 3.17. The van der Waals surface area contributed by atoms with Crippen molar-refractivity contribution >= 4 is 28.9 Å². The summed E-state index contributed by atoms with van der Waals surface area (Å²) in [5, 5.41) is 0. The Labute approximate surface area is 179 Å². The molecule has 0 aliphatic carbocycles. The lowest BCUT2D eigenvalue weighted by Crippen LogP contribution is -2.16. The van der Waals surface area contributed by atoms with Crippen LogP contribution < -0.4 is 9.46 Å². The number of rotatable bonds is 7. The van der Waals surface area contributed by atoms with E-state index in [-0.39, 0.29) is 5.75 Å². The van der Waals surface area contributed by atoms with E-state index in [9.17, 15) is 13.2 Å². The Balaban J connectivity index is 1.62. The fourth-order valence-electron chi connectivity index (χ4n) is 3.06. The first-order chi connectivity index (χ1) is 14.9. The third-order valence-corrected chi connectivity index (χ3v) is 4.88. The molecule has 1 N–H and O–H groups in total. The van der Waals surface area contributed by atoms with Gasteiger partial charge >= 0.3 is 6.36 Å². The van der Waals surface area contributed by atoms with E-state index in [0.717, 1.165) is 45.8 Å². The van der Waals surface area contributed by atoms with Crippen molar-refractivity contribution in [1.29, 1.82) is 0 Å². The molecular weight excluding hydrogens is 431 g/mol. The standard InChI is InChI=1S/C21H16F3N3O3S/c1-28-30-31-26-16-7-10-19-20(12-16)27(13-25-19)17-4-2-3-15(11-17)14-5-8-18(9-6-14)29-21(22,23)24/h2-13,26H,1H3. The number of anilines is 1. The molecule has 0 saturated carbocycles. The number of hydrogen-bond donors (Lipinski definition) is 1. The van der Waals surface area contributed by atoms with Crippen LogP contribution in [0.4, 0.5) is 18.9 Å². The van der Waals surface area contributed by atoms with E-state index in [1.807, 2.05) is 47.0 Å². The second-order valence-corrected chi connectivity index (χ2v) is 6.87. The number of ether oxygens (including phenoxy) is 1. The molecule has 4 rings (SSSR count). The van der Waals surface area contributed by atoms with Crippen LogP contribution in [-0.4, -0.2) is 23.0 Å². The molecule has 0 fully saturated rings.